The van der Waals surface area contributed by atoms with Gasteiger partial charge in [0.15, 0.2) is 28.7 Å². The lowest BCUT2D eigenvalue weighted by Gasteiger charge is -2.49. The lowest BCUT2D eigenvalue weighted by molar-refractivity contribution is -0.174. The molecule has 0 bridgehead atoms. The smallest absolute Gasteiger partial charge is 0.315 e. The molecule has 3 heterocycles. The van der Waals surface area contributed by atoms with Crippen LogP contribution >= 0.6 is 0 Å². The third-order valence-corrected chi connectivity index (χ3v) is 6.93. The van der Waals surface area contributed by atoms with Crippen LogP contribution in [0.2, 0.25) is 0 Å². The summed E-state index contributed by atoms with van der Waals surface area (Å²) >= 11 is 0. The van der Waals surface area contributed by atoms with Gasteiger partial charge in [-0.3, -0.25) is 9.69 Å². The molecule has 0 saturated carbocycles. The number of methoxy groups -OCH3 is 1. The van der Waals surface area contributed by atoms with E-state index < -0.39 is 17.6 Å². The summed E-state index contributed by atoms with van der Waals surface area (Å²) < 4.78 is 28.8. The molecule has 0 amide bonds. The molecule has 3 atom stereocenters. The average molecular weight is 456 g/mol. The molecule has 0 spiro atoms. The molecule has 2 aromatic rings. The topological polar surface area (TPSA) is 86.7 Å². The van der Waals surface area contributed by atoms with Gasteiger partial charge in [0.05, 0.1) is 13.7 Å². The van der Waals surface area contributed by atoms with Crippen LogP contribution in [-0.2, 0) is 9.53 Å². The minimum Gasteiger partial charge on any atom is -0.504 e. The van der Waals surface area contributed by atoms with Crippen molar-refractivity contribution in [1.82, 2.24) is 4.90 Å². The molecule has 8 heteroatoms. The van der Waals surface area contributed by atoms with Crippen molar-refractivity contribution in [2.45, 2.75) is 38.3 Å². The van der Waals surface area contributed by atoms with Gasteiger partial charge in [0.1, 0.15) is 11.7 Å². The van der Waals surface area contributed by atoms with E-state index in [-0.39, 0.29) is 25.1 Å². The summed E-state index contributed by atoms with van der Waals surface area (Å²) in [7, 11) is 1.51. The van der Waals surface area contributed by atoms with Crippen molar-refractivity contribution in [2.75, 3.05) is 33.6 Å². The number of rotatable bonds is 5. The summed E-state index contributed by atoms with van der Waals surface area (Å²) in [6.07, 6.45) is 2.05. The van der Waals surface area contributed by atoms with Crippen LogP contribution in [0.25, 0.3) is 0 Å². The van der Waals surface area contributed by atoms with Crippen LogP contribution in [0, 0.1) is 5.92 Å². The number of esters is 1. The lowest BCUT2D eigenvalue weighted by atomic mass is 9.72. The molecule has 3 aliphatic rings. The molecule has 3 aliphatic heterocycles. The number of para-hydroxylation sites is 1. The number of fused-ring (bicyclic) bond motifs is 2. The first-order chi connectivity index (χ1) is 16.0. The third kappa shape index (κ3) is 3.44. The number of phenols is 1. The largest absolute Gasteiger partial charge is 0.504 e. The fourth-order valence-electron chi connectivity index (χ4n) is 5.36. The van der Waals surface area contributed by atoms with Crippen molar-refractivity contribution in [1.29, 1.82) is 0 Å². The molecule has 0 radical (unpaired) electrons. The van der Waals surface area contributed by atoms with Gasteiger partial charge in [-0.05, 0) is 38.8 Å². The number of phenolic OH excluding ortho intramolecular Hbond substituents is 1. The number of aromatic hydroxyl groups is 1. The predicted molar refractivity (Wildman–Crippen MR) is 119 cm³/mol. The quantitative estimate of drug-likeness (QED) is 0.684. The van der Waals surface area contributed by atoms with E-state index in [1.807, 2.05) is 31.2 Å². The second-order valence-corrected chi connectivity index (χ2v) is 8.70. The summed E-state index contributed by atoms with van der Waals surface area (Å²) in [5.74, 6) is 0.450. The van der Waals surface area contributed by atoms with E-state index in [2.05, 4.69) is 4.90 Å². The van der Waals surface area contributed by atoms with Gasteiger partial charge in [-0.25, -0.2) is 0 Å². The highest BCUT2D eigenvalue weighted by molar-refractivity contribution is 5.78. The fraction of sp³-hybridized carbons (Fsp3) is 0.480. The fourth-order valence-corrected chi connectivity index (χ4v) is 5.36. The van der Waals surface area contributed by atoms with Crippen molar-refractivity contribution >= 4 is 5.97 Å². The molecule has 2 aromatic carbocycles. The van der Waals surface area contributed by atoms with Gasteiger partial charge in [0, 0.05) is 36.2 Å². The van der Waals surface area contributed by atoms with Crippen LogP contribution < -0.4 is 18.9 Å². The molecule has 1 unspecified atom stereocenters. The van der Waals surface area contributed by atoms with Gasteiger partial charge in [0.25, 0.3) is 0 Å². The SMILES string of the molecule is CCOC(=O)[C@H]1[C@H](c2cccc(OC)c2O)c2cc3c(cc2OC1(C)N1CCCC1)OCO3. The maximum absolute atomic E-state index is 13.6. The Labute approximate surface area is 192 Å². The lowest BCUT2D eigenvalue weighted by Crippen LogP contribution is -2.61. The van der Waals surface area contributed by atoms with Gasteiger partial charge in [-0.2, -0.15) is 0 Å². The van der Waals surface area contributed by atoms with Crippen LogP contribution in [0.4, 0.5) is 0 Å². The Morgan fingerprint density at radius 1 is 1.15 bits per heavy atom. The van der Waals surface area contributed by atoms with E-state index in [9.17, 15) is 9.90 Å². The van der Waals surface area contributed by atoms with E-state index in [4.69, 9.17) is 23.7 Å². The van der Waals surface area contributed by atoms with Crippen molar-refractivity contribution in [2.24, 2.45) is 5.92 Å². The molecule has 0 aromatic heterocycles. The van der Waals surface area contributed by atoms with Crippen LogP contribution in [-0.4, -0.2) is 55.3 Å². The molecular formula is C25H29NO7. The van der Waals surface area contributed by atoms with Crippen molar-refractivity contribution < 1.29 is 33.6 Å². The predicted octanol–water partition coefficient (Wildman–Crippen LogP) is 3.65. The molecule has 1 fully saturated rings. The molecule has 176 valence electrons. The van der Waals surface area contributed by atoms with Gasteiger partial charge in [-0.1, -0.05) is 12.1 Å². The highest BCUT2D eigenvalue weighted by Gasteiger charge is 2.56. The number of ether oxygens (including phenoxy) is 5. The first-order valence-electron chi connectivity index (χ1n) is 11.4. The highest BCUT2D eigenvalue weighted by Crippen LogP contribution is 2.55. The third-order valence-electron chi connectivity index (χ3n) is 6.93. The molecule has 0 aliphatic carbocycles. The number of nitrogens with zero attached hydrogens (tertiary/aromatic N) is 1. The standard InChI is InChI=1S/C25H29NO7/c1-4-30-24(28)22-21(15-8-7-9-17(29-3)23(15)27)16-12-19-20(32-14-31-19)13-18(16)33-25(22,2)26-10-5-6-11-26/h7-9,12-13,21-22,27H,4-6,10-11,14H2,1-3H3/t21-,22-,25?/m1/s1. The Morgan fingerprint density at radius 2 is 1.88 bits per heavy atom. The average Bonchev–Trinajstić information content (AvgIpc) is 3.49. The molecule has 33 heavy (non-hydrogen) atoms. The maximum atomic E-state index is 13.6. The van der Waals surface area contributed by atoms with E-state index in [0.29, 0.717) is 28.6 Å². The summed E-state index contributed by atoms with van der Waals surface area (Å²) in [6, 6.07) is 8.98. The zero-order chi connectivity index (χ0) is 23.2. The van der Waals surface area contributed by atoms with Crippen LogP contribution in [0.5, 0.6) is 28.7 Å². The minimum atomic E-state index is -0.983. The van der Waals surface area contributed by atoms with Gasteiger partial charge >= 0.3 is 5.97 Å². The molecule has 8 nitrogen and oxygen atoms in total. The van der Waals surface area contributed by atoms with Crippen LogP contribution in [0.3, 0.4) is 0 Å². The monoisotopic (exact) mass is 455 g/mol. The van der Waals surface area contributed by atoms with Gasteiger partial charge in [0.2, 0.25) is 6.79 Å². The zero-order valence-corrected chi connectivity index (χ0v) is 19.1. The summed E-state index contributed by atoms with van der Waals surface area (Å²) in [5, 5.41) is 11.1. The Morgan fingerprint density at radius 3 is 2.58 bits per heavy atom. The molecular weight excluding hydrogens is 426 g/mol. The Hall–Kier alpha value is -3.13. The van der Waals surface area contributed by atoms with Crippen LogP contribution in [0.15, 0.2) is 30.3 Å². The summed E-state index contributed by atoms with van der Waals surface area (Å²) in [4.78, 5) is 15.8. The normalized spacial score (nSPS) is 25.9. The molecule has 1 N–H and O–H groups in total. The second kappa shape index (κ2) is 8.33. The Bertz CT molecular complexity index is 1060. The van der Waals surface area contributed by atoms with Crippen LogP contribution in [0.1, 0.15) is 43.7 Å². The van der Waals surface area contributed by atoms with E-state index in [0.717, 1.165) is 31.5 Å². The number of benzene rings is 2. The van der Waals surface area contributed by atoms with Crippen molar-refractivity contribution in [3.63, 3.8) is 0 Å². The first-order valence-corrected chi connectivity index (χ1v) is 11.4. The van der Waals surface area contributed by atoms with E-state index in [1.54, 1.807) is 13.0 Å². The Kier molecular flexibility index (Phi) is 5.48. The number of likely N-dealkylation sites (tertiary alicyclic amines) is 1. The molecule has 1 saturated heterocycles. The van der Waals surface area contributed by atoms with E-state index >= 15 is 0 Å². The summed E-state index contributed by atoms with van der Waals surface area (Å²) in [5.41, 5.74) is 0.322. The van der Waals surface area contributed by atoms with Crippen molar-refractivity contribution in [3.05, 3.63) is 41.5 Å². The maximum Gasteiger partial charge on any atom is 0.315 e. The van der Waals surface area contributed by atoms with E-state index in [1.165, 1.54) is 7.11 Å². The number of carbonyl (C=O) groups excluding carboxylic acids is 1. The number of carbonyl (C=O) groups is 1. The second-order valence-electron chi connectivity index (χ2n) is 8.70. The van der Waals surface area contributed by atoms with Gasteiger partial charge < -0.3 is 28.8 Å². The van der Waals surface area contributed by atoms with Gasteiger partial charge in [-0.15, -0.1) is 0 Å². The number of hydrogen-bond acceptors (Lipinski definition) is 8. The Balaban J connectivity index is 1.76. The zero-order valence-electron chi connectivity index (χ0n) is 19.1. The highest BCUT2D eigenvalue weighted by atomic mass is 16.7. The molecule has 5 rings (SSSR count). The first kappa shape index (κ1) is 21.7. The minimum absolute atomic E-state index is 0.00594. The number of hydrogen-bond donors (Lipinski definition) is 1. The van der Waals surface area contributed by atoms with Crippen molar-refractivity contribution in [3.8, 4) is 28.7 Å². The summed E-state index contributed by atoms with van der Waals surface area (Å²) in [6.45, 7) is 5.72.